The summed E-state index contributed by atoms with van der Waals surface area (Å²) in [4.78, 5) is 0. The smallest absolute Gasteiger partial charge is 0.200 e. The first-order chi connectivity index (χ1) is 8.65. The van der Waals surface area contributed by atoms with Crippen molar-refractivity contribution in [3.8, 4) is 17.2 Å². The maximum atomic E-state index is 9.80. The monoisotopic (exact) mass is 251 g/mol. The molecule has 0 amide bonds. The lowest BCUT2D eigenvalue weighted by molar-refractivity contribution is 0.339. The van der Waals surface area contributed by atoms with E-state index in [-0.39, 0.29) is 5.75 Å². The summed E-state index contributed by atoms with van der Waals surface area (Å²) < 4.78 is 10.3. The van der Waals surface area contributed by atoms with E-state index in [9.17, 15) is 5.11 Å². The number of benzene rings is 1. The van der Waals surface area contributed by atoms with E-state index in [1.807, 2.05) is 12.1 Å². The van der Waals surface area contributed by atoms with Gasteiger partial charge in [0.15, 0.2) is 11.5 Å². The lowest BCUT2D eigenvalue weighted by atomic mass is 10.1. The van der Waals surface area contributed by atoms with Crippen molar-refractivity contribution in [1.29, 1.82) is 0 Å². The fourth-order valence-corrected chi connectivity index (χ4v) is 2.14. The molecule has 1 saturated carbocycles. The Balaban J connectivity index is 1.98. The van der Waals surface area contributed by atoms with Crippen LogP contribution in [0.3, 0.4) is 0 Å². The first kappa shape index (κ1) is 13.0. The van der Waals surface area contributed by atoms with E-state index < -0.39 is 0 Å². The molecule has 0 bridgehead atoms. The minimum atomic E-state index is 0.0552. The molecule has 0 saturated heterocycles. The van der Waals surface area contributed by atoms with Gasteiger partial charge in [0.25, 0.3) is 0 Å². The highest BCUT2D eigenvalue weighted by molar-refractivity contribution is 5.52. The second-order valence-electron chi connectivity index (χ2n) is 4.95. The predicted molar refractivity (Wildman–Crippen MR) is 70.2 cm³/mol. The molecule has 0 aromatic heterocycles. The van der Waals surface area contributed by atoms with Crippen LogP contribution in [0.5, 0.6) is 17.2 Å². The Morgan fingerprint density at radius 3 is 2.28 bits per heavy atom. The molecular formula is C14H21NO3. The average Bonchev–Trinajstić information content (AvgIpc) is 3.07. The third kappa shape index (κ3) is 2.88. The second kappa shape index (κ2) is 5.48. The summed E-state index contributed by atoms with van der Waals surface area (Å²) in [5, 5.41) is 13.2. The fourth-order valence-electron chi connectivity index (χ4n) is 2.14. The molecule has 0 aliphatic heterocycles. The van der Waals surface area contributed by atoms with Gasteiger partial charge in [0.05, 0.1) is 14.2 Å². The van der Waals surface area contributed by atoms with Gasteiger partial charge >= 0.3 is 0 Å². The van der Waals surface area contributed by atoms with Gasteiger partial charge in [0.2, 0.25) is 5.75 Å². The number of rotatable bonds is 6. The van der Waals surface area contributed by atoms with E-state index in [2.05, 4.69) is 12.2 Å². The highest BCUT2D eigenvalue weighted by Gasteiger charge is 2.31. The van der Waals surface area contributed by atoms with Crippen molar-refractivity contribution in [2.75, 3.05) is 20.8 Å². The van der Waals surface area contributed by atoms with Crippen LogP contribution in [-0.4, -0.2) is 25.9 Å². The number of aromatic hydroxyl groups is 1. The predicted octanol–water partition coefficient (Wildman–Crippen LogP) is 2.16. The van der Waals surface area contributed by atoms with Gasteiger partial charge < -0.3 is 19.9 Å². The number of phenols is 1. The summed E-state index contributed by atoms with van der Waals surface area (Å²) in [5.41, 5.74) is 1.05. The molecule has 0 heterocycles. The van der Waals surface area contributed by atoms with Crippen LogP contribution in [0.4, 0.5) is 0 Å². The van der Waals surface area contributed by atoms with Crippen molar-refractivity contribution >= 4 is 0 Å². The van der Waals surface area contributed by atoms with Crippen molar-refractivity contribution in [3.05, 3.63) is 17.7 Å². The number of nitrogens with one attached hydrogen (secondary N) is 1. The molecule has 0 spiro atoms. The molecule has 4 nitrogen and oxygen atoms in total. The minimum Gasteiger partial charge on any atom is -0.502 e. The van der Waals surface area contributed by atoms with Crippen molar-refractivity contribution in [1.82, 2.24) is 5.32 Å². The Hall–Kier alpha value is -1.42. The van der Waals surface area contributed by atoms with Crippen LogP contribution >= 0.6 is 0 Å². The Morgan fingerprint density at radius 1 is 1.28 bits per heavy atom. The first-order valence-electron chi connectivity index (χ1n) is 6.30. The maximum Gasteiger partial charge on any atom is 0.200 e. The molecule has 100 valence electrons. The van der Waals surface area contributed by atoms with E-state index in [1.165, 1.54) is 20.6 Å². The Labute approximate surface area is 108 Å². The van der Waals surface area contributed by atoms with E-state index in [4.69, 9.17) is 9.47 Å². The molecule has 0 radical (unpaired) electrons. The Bertz CT molecular complexity index is 394. The largest absolute Gasteiger partial charge is 0.502 e. The van der Waals surface area contributed by atoms with Crippen LogP contribution in [0.2, 0.25) is 0 Å². The number of ether oxygens (including phenoxy) is 2. The zero-order valence-electron chi connectivity index (χ0n) is 11.2. The third-order valence-corrected chi connectivity index (χ3v) is 3.55. The number of hydrogen-bond acceptors (Lipinski definition) is 4. The molecule has 2 rings (SSSR count). The quantitative estimate of drug-likeness (QED) is 0.813. The van der Waals surface area contributed by atoms with Gasteiger partial charge in [-0.2, -0.15) is 0 Å². The summed E-state index contributed by atoms with van der Waals surface area (Å²) in [6, 6.07) is 3.67. The molecule has 4 heteroatoms. The van der Waals surface area contributed by atoms with Gasteiger partial charge in [-0.25, -0.2) is 0 Å². The number of methoxy groups -OCH3 is 2. The van der Waals surface area contributed by atoms with Gasteiger partial charge in [-0.1, -0.05) is 6.92 Å². The normalized spacial score (nSPS) is 21.7. The SMILES string of the molecule is COc1cc(CNCC2CC2C)cc(OC)c1O. The molecule has 1 fully saturated rings. The number of phenolic OH excluding ortho intramolecular Hbond substituents is 1. The van der Waals surface area contributed by atoms with E-state index in [1.54, 1.807) is 0 Å². The van der Waals surface area contributed by atoms with Gasteiger partial charge in [-0.3, -0.25) is 0 Å². The van der Waals surface area contributed by atoms with E-state index in [0.717, 1.165) is 30.5 Å². The van der Waals surface area contributed by atoms with Crippen LogP contribution in [0.25, 0.3) is 0 Å². The van der Waals surface area contributed by atoms with Crippen LogP contribution in [-0.2, 0) is 6.54 Å². The minimum absolute atomic E-state index is 0.0552. The Kier molecular flexibility index (Phi) is 3.97. The molecule has 1 aromatic carbocycles. The zero-order chi connectivity index (χ0) is 13.1. The molecule has 2 unspecified atom stereocenters. The van der Waals surface area contributed by atoms with Crippen LogP contribution in [0.15, 0.2) is 12.1 Å². The summed E-state index contributed by atoms with van der Waals surface area (Å²) in [5.74, 6) is 2.64. The maximum absolute atomic E-state index is 9.80. The van der Waals surface area contributed by atoms with Gasteiger partial charge in [0, 0.05) is 6.54 Å². The lowest BCUT2D eigenvalue weighted by Gasteiger charge is -2.11. The molecule has 1 aliphatic rings. The molecule has 1 aliphatic carbocycles. The Morgan fingerprint density at radius 2 is 1.83 bits per heavy atom. The molecule has 1 aromatic rings. The topological polar surface area (TPSA) is 50.7 Å². The molecular weight excluding hydrogens is 230 g/mol. The van der Waals surface area contributed by atoms with Gasteiger partial charge in [-0.15, -0.1) is 0 Å². The summed E-state index contributed by atoms with van der Waals surface area (Å²) in [7, 11) is 3.08. The van der Waals surface area contributed by atoms with Crippen molar-refractivity contribution in [2.24, 2.45) is 11.8 Å². The lowest BCUT2D eigenvalue weighted by Crippen LogP contribution is -2.16. The second-order valence-corrected chi connectivity index (χ2v) is 4.95. The average molecular weight is 251 g/mol. The third-order valence-electron chi connectivity index (χ3n) is 3.55. The zero-order valence-corrected chi connectivity index (χ0v) is 11.2. The van der Waals surface area contributed by atoms with E-state index >= 15 is 0 Å². The molecule has 2 N–H and O–H groups in total. The van der Waals surface area contributed by atoms with Crippen molar-refractivity contribution < 1.29 is 14.6 Å². The summed E-state index contributed by atoms with van der Waals surface area (Å²) >= 11 is 0. The standard InChI is InChI=1S/C14H21NO3/c1-9-4-11(9)8-15-7-10-5-12(17-2)14(16)13(6-10)18-3/h5-6,9,11,15-16H,4,7-8H2,1-3H3. The van der Waals surface area contributed by atoms with Crippen molar-refractivity contribution in [2.45, 2.75) is 19.9 Å². The summed E-state index contributed by atoms with van der Waals surface area (Å²) in [6.07, 6.45) is 1.33. The number of hydrogen-bond donors (Lipinski definition) is 2. The highest BCUT2D eigenvalue weighted by Crippen LogP contribution is 2.38. The molecule has 2 atom stereocenters. The first-order valence-corrected chi connectivity index (χ1v) is 6.30. The van der Waals surface area contributed by atoms with Gasteiger partial charge in [0.1, 0.15) is 0 Å². The van der Waals surface area contributed by atoms with Gasteiger partial charge in [-0.05, 0) is 42.5 Å². The molecule has 18 heavy (non-hydrogen) atoms. The summed E-state index contributed by atoms with van der Waals surface area (Å²) in [6.45, 7) is 4.09. The van der Waals surface area contributed by atoms with Crippen LogP contribution in [0.1, 0.15) is 18.9 Å². The van der Waals surface area contributed by atoms with E-state index in [0.29, 0.717) is 11.5 Å². The van der Waals surface area contributed by atoms with Crippen LogP contribution in [0, 0.1) is 11.8 Å². The highest BCUT2D eigenvalue weighted by atomic mass is 16.5. The fraction of sp³-hybridized carbons (Fsp3) is 0.571. The van der Waals surface area contributed by atoms with Crippen molar-refractivity contribution in [3.63, 3.8) is 0 Å². The van der Waals surface area contributed by atoms with Crippen LogP contribution < -0.4 is 14.8 Å².